The number of hydrogen-bond acceptors (Lipinski definition) is 4. The number of amides is 2. The molecular weight excluding hydrogens is 280 g/mol. The van der Waals surface area contributed by atoms with Gasteiger partial charge < -0.3 is 16.2 Å². The van der Waals surface area contributed by atoms with Gasteiger partial charge in [-0.1, -0.05) is 6.07 Å². The Bertz CT molecular complexity index is 693. The third-order valence-electron chi connectivity index (χ3n) is 2.52. The Balaban J connectivity index is 2.24. The van der Waals surface area contributed by atoms with E-state index in [0.717, 1.165) is 11.3 Å². The highest BCUT2D eigenvalue weighted by Crippen LogP contribution is 2.22. The highest BCUT2D eigenvalue weighted by atomic mass is 32.1. The van der Waals surface area contributed by atoms with Crippen molar-refractivity contribution in [3.05, 3.63) is 51.7 Å². The summed E-state index contributed by atoms with van der Waals surface area (Å²) >= 11 is 1.01. The van der Waals surface area contributed by atoms with E-state index in [1.807, 2.05) is 0 Å². The lowest BCUT2D eigenvalue weighted by Gasteiger charge is -2.05. The third-order valence-corrected chi connectivity index (χ3v) is 3.42. The van der Waals surface area contributed by atoms with Crippen molar-refractivity contribution in [1.29, 1.82) is 0 Å². The van der Waals surface area contributed by atoms with Crippen molar-refractivity contribution in [3.63, 3.8) is 0 Å². The van der Waals surface area contributed by atoms with Crippen molar-refractivity contribution in [1.82, 2.24) is 0 Å². The summed E-state index contributed by atoms with van der Waals surface area (Å²) in [7, 11) is 0. The number of aromatic carboxylic acids is 1. The molecule has 0 fully saturated rings. The normalized spacial score (nSPS) is 10.0. The Hall–Kier alpha value is -2.67. The van der Waals surface area contributed by atoms with Crippen molar-refractivity contribution in [3.8, 4) is 0 Å². The lowest BCUT2D eigenvalue weighted by Crippen LogP contribution is -2.16. The SMILES string of the molecule is NC(=O)c1cccc(C(=O)Nc2ccsc2C(=O)O)c1. The molecule has 2 aromatic rings. The zero-order valence-corrected chi connectivity index (χ0v) is 10.9. The molecule has 0 radical (unpaired) electrons. The summed E-state index contributed by atoms with van der Waals surface area (Å²) in [5, 5.41) is 13.0. The Morgan fingerprint density at radius 3 is 2.50 bits per heavy atom. The quantitative estimate of drug-likeness (QED) is 0.797. The molecule has 1 aromatic carbocycles. The van der Waals surface area contributed by atoms with Crippen LogP contribution in [0.1, 0.15) is 30.4 Å². The topological polar surface area (TPSA) is 109 Å². The maximum absolute atomic E-state index is 12.0. The highest BCUT2D eigenvalue weighted by molar-refractivity contribution is 7.12. The lowest BCUT2D eigenvalue weighted by molar-refractivity contribution is 0.0703. The van der Waals surface area contributed by atoms with E-state index in [2.05, 4.69) is 5.32 Å². The van der Waals surface area contributed by atoms with Crippen LogP contribution in [0.3, 0.4) is 0 Å². The Kier molecular flexibility index (Phi) is 3.81. The number of thiophene rings is 1. The lowest BCUT2D eigenvalue weighted by atomic mass is 10.1. The van der Waals surface area contributed by atoms with Crippen molar-refractivity contribution < 1.29 is 19.5 Å². The minimum Gasteiger partial charge on any atom is -0.477 e. The van der Waals surface area contributed by atoms with Crippen LogP contribution in [0.2, 0.25) is 0 Å². The van der Waals surface area contributed by atoms with Crippen LogP contribution in [0.25, 0.3) is 0 Å². The molecule has 1 aromatic heterocycles. The smallest absolute Gasteiger partial charge is 0.348 e. The van der Waals surface area contributed by atoms with E-state index in [1.165, 1.54) is 30.3 Å². The fraction of sp³-hybridized carbons (Fsp3) is 0. The first kappa shape index (κ1) is 13.8. The van der Waals surface area contributed by atoms with Crippen LogP contribution in [-0.4, -0.2) is 22.9 Å². The van der Waals surface area contributed by atoms with Crippen molar-refractivity contribution in [2.45, 2.75) is 0 Å². The number of hydrogen-bond donors (Lipinski definition) is 3. The molecule has 0 unspecified atom stereocenters. The maximum Gasteiger partial charge on any atom is 0.348 e. The van der Waals surface area contributed by atoms with Crippen molar-refractivity contribution >= 4 is 34.8 Å². The van der Waals surface area contributed by atoms with Gasteiger partial charge in [-0.15, -0.1) is 11.3 Å². The van der Waals surface area contributed by atoms with Crippen LogP contribution < -0.4 is 11.1 Å². The van der Waals surface area contributed by atoms with E-state index >= 15 is 0 Å². The molecular formula is C13H10N2O4S. The fourth-order valence-corrected chi connectivity index (χ4v) is 2.27. The molecule has 2 amide bonds. The van der Waals surface area contributed by atoms with Gasteiger partial charge >= 0.3 is 5.97 Å². The molecule has 102 valence electrons. The Morgan fingerprint density at radius 1 is 1.15 bits per heavy atom. The number of nitrogens with one attached hydrogen (secondary N) is 1. The van der Waals surface area contributed by atoms with Gasteiger partial charge in [0.1, 0.15) is 4.88 Å². The second kappa shape index (κ2) is 5.54. The van der Waals surface area contributed by atoms with Crippen LogP contribution in [0.15, 0.2) is 35.7 Å². The molecule has 1 heterocycles. The summed E-state index contributed by atoms with van der Waals surface area (Å²) in [6.07, 6.45) is 0. The van der Waals surface area contributed by atoms with Gasteiger partial charge in [0, 0.05) is 11.1 Å². The molecule has 20 heavy (non-hydrogen) atoms. The van der Waals surface area contributed by atoms with E-state index < -0.39 is 17.8 Å². The number of anilines is 1. The highest BCUT2D eigenvalue weighted by Gasteiger charge is 2.15. The number of benzene rings is 1. The Morgan fingerprint density at radius 2 is 1.85 bits per heavy atom. The average Bonchev–Trinajstić information content (AvgIpc) is 2.87. The van der Waals surface area contributed by atoms with Gasteiger partial charge in [-0.3, -0.25) is 9.59 Å². The van der Waals surface area contributed by atoms with Crippen LogP contribution in [0.4, 0.5) is 5.69 Å². The van der Waals surface area contributed by atoms with Gasteiger partial charge in [0.25, 0.3) is 5.91 Å². The average molecular weight is 290 g/mol. The zero-order chi connectivity index (χ0) is 14.7. The molecule has 6 nitrogen and oxygen atoms in total. The van der Waals surface area contributed by atoms with E-state index in [9.17, 15) is 14.4 Å². The molecule has 0 spiro atoms. The zero-order valence-electron chi connectivity index (χ0n) is 10.1. The Labute approximate surface area is 117 Å². The van der Waals surface area contributed by atoms with E-state index in [-0.39, 0.29) is 21.7 Å². The molecule has 2 rings (SSSR count). The molecule has 0 aliphatic heterocycles. The molecule has 0 aliphatic rings. The number of carboxylic acid groups (broad SMARTS) is 1. The summed E-state index contributed by atoms with van der Waals surface area (Å²) in [4.78, 5) is 34.0. The standard InChI is InChI=1S/C13H10N2O4S/c14-11(16)7-2-1-3-8(6-7)12(17)15-9-4-5-20-10(9)13(18)19/h1-6H,(H2,14,16)(H,15,17)(H,18,19). The molecule has 0 atom stereocenters. The molecule has 0 saturated carbocycles. The molecule has 0 aliphatic carbocycles. The van der Waals surface area contributed by atoms with Gasteiger partial charge in [-0.25, -0.2) is 4.79 Å². The number of carbonyl (C=O) groups excluding carboxylic acids is 2. The van der Waals surface area contributed by atoms with Crippen LogP contribution in [0.5, 0.6) is 0 Å². The number of carbonyl (C=O) groups is 3. The first-order valence-electron chi connectivity index (χ1n) is 5.51. The maximum atomic E-state index is 12.0. The minimum atomic E-state index is -1.11. The van der Waals surface area contributed by atoms with Gasteiger partial charge in [-0.2, -0.15) is 0 Å². The van der Waals surface area contributed by atoms with E-state index in [1.54, 1.807) is 5.38 Å². The fourth-order valence-electron chi connectivity index (χ4n) is 1.58. The van der Waals surface area contributed by atoms with Gasteiger partial charge in [0.15, 0.2) is 0 Å². The predicted molar refractivity (Wildman–Crippen MR) is 74.2 cm³/mol. The van der Waals surface area contributed by atoms with Crippen LogP contribution >= 0.6 is 11.3 Å². The summed E-state index contributed by atoms with van der Waals surface area (Å²) in [5.74, 6) is -2.25. The van der Waals surface area contributed by atoms with Crippen molar-refractivity contribution in [2.75, 3.05) is 5.32 Å². The molecule has 0 bridgehead atoms. The summed E-state index contributed by atoms with van der Waals surface area (Å²) in [6.45, 7) is 0. The molecule has 0 saturated heterocycles. The van der Waals surface area contributed by atoms with Crippen molar-refractivity contribution in [2.24, 2.45) is 5.73 Å². The van der Waals surface area contributed by atoms with E-state index in [4.69, 9.17) is 10.8 Å². The largest absolute Gasteiger partial charge is 0.477 e. The second-order valence-corrected chi connectivity index (χ2v) is 4.78. The second-order valence-electron chi connectivity index (χ2n) is 3.87. The summed E-state index contributed by atoms with van der Waals surface area (Å²) < 4.78 is 0. The molecule has 7 heteroatoms. The summed E-state index contributed by atoms with van der Waals surface area (Å²) in [6, 6.07) is 7.39. The first-order valence-corrected chi connectivity index (χ1v) is 6.39. The monoisotopic (exact) mass is 290 g/mol. The third kappa shape index (κ3) is 2.83. The first-order chi connectivity index (χ1) is 9.49. The summed E-state index contributed by atoms with van der Waals surface area (Å²) in [5.41, 5.74) is 5.79. The minimum absolute atomic E-state index is 0.0457. The number of carboxylic acids is 1. The van der Waals surface area contributed by atoms with Gasteiger partial charge in [-0.05, 0) is 29.6 Å². The number of primary amides is 1. The molecule has 4 N–H and O–H groups in total. The predicted octanol–water partition coefficient (Wildman–Crippen LogP) is 1.80. The number of nitrogens with two attached hydrogens (primary N) is 1. The van der Waals surface area contributed by atoms with Gasteiger partial charge in [0.2, 0.25) is 5.91 Å². The van der Waals surface area contributed by atoms with Crippen LogP contribution in [0, 0.1) is 0 Å². The van der Waals surface area contributed by atoms with E-state index in [0.29, 0.717) is 0 Å². The van der Waals surface area contributed by atoms with Gasteiger partial charge in [0.05, 0.1) is 5.69 Å². The van der Waals surface area contributed by atoms with Crippen LogP contribution in [-0.2, 0) is 0 Å². The number of rotatable bonds is 4.